The largest absolute Gasteiger partial charge is 0.492 e. The SMILES string of the molecule is CCOc1ccccc1N(CCC(=O)Nc1ccc(C(=O)OC)cc1)C(C)=O. The van der Waals surface area contributed by atoms with E-state index in [4.69, 9.17) is 4.74 Å². The van der Waals surface area contributed by atoms with Crippen LogP contribution in [0, 0.1) is 0 Å². The predicted octanol–water partition coefficient (Wildman–Crippen LogP) is 3.25. The van der Waals surface area contributed by atoms with Gasteiger partial charge in [0.15, 0.2) is 0 Å². The smallest absolute Gasteiger partial charge is 0.337 e. The highest BCUT2D eigenvalue weighted by Gasteiger charge is 2.17. The second-order valence-electron chi connectivity index (χ2n) is 5.94. The van der Waals surface area contributed by atoms with Crippen molar-refractivity contribution < 1.29 is 23.9 Å². The number of benzene rings is 2. The van der Waals surface area contributed by atoms with Crippen molar-refractivity contribution in [2.45, 2.75) is 20.3 Å². The van der Waals surface area contributed by atoms with Crippen LogP contribution in [0.2, 0.25) is 0 Å². The summed E-state index contributed by atoms with van der Waals surface area (Å²) < 4.78 is 10.2. The molecule has 28 heavy (non-hydrogen) atoms. The Hall–Kier alpha value is -3.35. The van der Waals surface area contributed by atoms with Crippen LogP contribution in [-0.4, -0.2) is 38.0 Å². The number of methoxy groups -OCH3 is 1. The van der Waals surface area contributed by atoms with Gasteiger partial charge in [0.05, 0.1) is 25.0 Å². The Kier molecular flexibility index (Phi) is 7.56. The van der Waals surface area contributed by atoms with E-state index >= 15 is 0 Å². The van der Waals surface area contributed by atoms with Gasteiger partial charge in [-0.2, -0.15) is 0 Å². The van der Waals surface area contributed by atoms with Gasteiger partial charge in [-0.05, 0) is 43.3 Å². The highest BCUT2D eigenvalue weighted by molar-refractivity contribution is 5.96. The van der Waals surface area contributed by atoms with E-state index in [9.17, 15) is 14.4 Å². The fourth-order valence-corrected chi connectivity index (χ4v) is 2.65. The average Bonchev–Trinajstić information content (AvgIpc) is 2.69. The molecule has 0 fully saturated rings. The van der Waals surface area contributed by atoms with Crippen molar-refractivity contribution >= 4 is 29.2 Å². The molecule has 0 aliphatic carbocycles. The number of nitrogens with zero attached hydrogens (tertiary/aromatic N) is 1. The second kappa shape index (κ2) is 10.1. The van der Waals surface area contributed by atoms with Gasteiger partial charge in [-0.3, -0.25) is 9.59 Å². The van der Waals surface area contributed by atoms with Crippen LogP contribution < -0.4 is 15.0 Å². The van der Waals surface area contributed by atoms with Crippen molar-refractivity contribution in [1.29, 1.82) is 0 Å². The summed E-state index contributed by atoms with van der Waals surface area (Å²) in [6.07, 6.45) is 0.110. The zero-order chi connectivity index (χ0) is 20.5. The third-order valence-corrected chi connectivity index (χ3v) is 3.99. The Morgan fingerprint density at radius 1 is 1.04 bits per heavy atom. The normalized spacial score (nSPS) is 10.1. The highest BCUT2D eigenvalue weighted by atomic mass is 16.5. The zero-order valence-corrected chi connectivity index (χ0v) is 16.2. The molecule has 2 rings (SSSR count). The monoisotopic (exact) mass is 384 g/mol. The van der Waals surface area contributed by atoms with Gasteiger partial charge in [-0.1, -0.05) is 12.1 Å². The van der Waals surface area contributed by atoms with Gasteiger partial charge in [0.25, 0.3) is 0 Å². The molecule has 2 amide bonds. The number of para-hydroxylation sites is 2. The third-order valence-electron chi connectivity index (χ3n) is 3.99. The number of amides is 2. The fourth-order valence-electron chi connectivity index (χ4n) is 2.65. The van der Waals surface area contributed by atoms with Gasteiger partial charge in [0.2, 0.25) is 11.8 Å². The molecule has 0 spiro atoms. The highest BCUT2D eigenvalue weighted by Crippen LogP contribution is 2.28. The predicted molar refractivity (Wildman–Crippen MR) is 107 cm³/mol. The summed E-state index contributed by atoms with van der Waals surface area (Å²) in [5, 5.41) is 2.75. The summed E-state index contributed by atoms with van der Waals surface area (Å²) in [4.78, 5) is 37.3. The van der Waals surface area contributed by atoms with Crippen LogP contribution in [0.5, 0.6) is 5.75 Å². The van der Waals surface area contributed by atoms with Gasteiger partial charge in [-0.25, -0.2) is 4.79 Å². The molecule has 0 aliphatic rings. The van der Waals surface area contributed by atoms with Gasteiger partial charge in [0.1, 0.15) is 5.75 Å². The van der Waals surface area contributed by atoms with E-state index in [-0.39, 0.29) is 24.8 Å². The minimum Gasteiger partial charge on any atom is -0.492 e. The maximum absolute atomic E-state index is 12.3. The van der Waals surface area contributed by atoms with E-state index in [2.05, 4.69) is 10.1 Å². The van der Waals surface area contributed by atoms with E-state index < -0.39 is 5.97 Å². The molecule has 0 bridgehead atoms. The average molecular weight is 384 g/mol. The Balaban J connectivity index is 2.01. The second-order valence-corrected chi connectivity index (χ2v) is 5.94. The molecule has 0 heterocycles. The molecule has 7 heteroatoms. The van der Waals surface area contributed by atoms with Gasteiger partial charge < -0.3 is 19.7 Å². The fraction of sp³-hybridized carbons (Fsp3) is 0.286. The summed E-state index contributed by atoms with van der Waals surface area (Å²) in [7, 11) is 1.31. The molecule has 7 nitrogen and oxygen atoms in total. The van der Waals surface area contributed by atoms with Crippen LogP contribution in [0.3, 0.4) is 0 Å². The van der Waals surface area contributed by atoms with Crippen LogP contribution in [0.15, 0.2) is 48.5 Å². The molecule has 2 aromatic rings. The summed E-state index contributed by atoms with van der Waals surface area (Å²) in [5.74, 6) is -0.268. The molecule has 0 aromatic heterocycles. The van der Waals surface area contributed by atoms with Crippen LogP contribution in [0.4, 0.5) is 11.4 Å². The maximum atomic E-state index is 12.3. The first-order valence-corrected chi connectivity index (χ1v) is 8.94. The van der Waals surface area contributed by atoms with Crippen LogP contribution in [-0.2, 0) is 14.3 Å². The van der Waals surface area contributed by atoms with E-state index in [1.807, 2.05) is 19.1 Å². The van der Waals surface area contributed by atoms with E-state index in [0.717, 1.165) is 0 Å². The summed E-state index contributed by atoms with van der Waals surface area (Å²) in [5.41, 5.74) is 1.59. The minimum atomic E-state index is -0.442. The number of esters is 1. The molecule has 0 unspecified atom stereocenters. The standard InChI is InChI=1S/C21H24N2O5/c1-4-28-19-8-6-5-7-18(19)23(15(2)24)14-13-20(25)22-17-11-9-16(10-12-17)21(26)27-3/h5-12H,4,13-14H2,1-3H3,(H,22,25). The van der Waals surface area contributed by atoms with Gasteiger partial charge in [-0.15, -0.1) is 0 Å². The number of anilines is 2. The minimum absolute atomic E-state index is 0.110. The van der Waals surface area contributed by atoms with Crippen molar-refractivity contribution in [2.75, 3.05) is 30.5 Å². The first-order chi connectivity index (χ1) is 13.5. The number of carbonyl (C=O) groups is 3. The molecule has 1 N–H and O–H groups in total. The van der Waals surface area contributed by atoms with Crippen LogP contribution >= 0.6 is 0 Å². The first kappa shape index (κ1) is 21.0. The molecule has 148 valence electrons. The molecule has 0 saturated heterocycles. The number of hydrogen-bond donors (Lipinski definition) is 1. The third kappa shape index (κ3) is 5.57. The first-order valence-electron chi connectivity index (χ1n) is 8.94. The number of rotatable bonds is 8. The van der Waals surface area contributed by atoms with Crippen molar-refractivity contribution in [1.82, 2.24) is 0 Å². The van der Waals surface area contributed by atoms with E-state index in [1.54, 1.807) is 36.4 Å². The lowest BCUT2D eigenvalue weighted by Gasteiger charge is -2.23. The Labute approximate surface area is 164 Å². The topological polar surface area (TPSA) is 84.9 Å². The van der Waals surface area contributed by atoms with Crippen molar-refractivity contribution in [3.63, 3.8) is 0 Å². The van der Waals surface area contributed by atoms with Crippen molar-refractivity contribution in [3.8, 4) is 5.75 Å². The maximum Gasteiger partial charge on any atom is 0.337 e. The van der Waals surface area contributed by atoms with Gasteiger partial charge >= 0.3 is 5.97 Å². The molecule has 2 aromatic carbocycles. The number of nitrogens with one attached hydrogen (secondary N) is 1. The van der Waals surface area contributed by atoms with E-state index in [0.29, 0.717) is 29.3 Å². The molecule has 0 atom stereocenters. The lowest BCUT2D eigenvalue weighted by Crippen LogP contribution is -2.32. The Morgan fingerprint density at radius 3 is 2.32 bits per heavy atom. The molecular weight excluding hydrogens is 360 g/mol. The number of carbonyl (C=O) groups excluding carboxylic acids is 3. The van der Waals surface area contributed by atoms with Gasteiger partial charge in [0, 0.05) is 25.6 Å². The number of ether oxygens (including phenoxy) is 2. The quantitative estimate of drug-likeness (QED) is 0.706. The summed E-state index contributed by atoms with van der Waals surface area (Å²) >= 11 is 0. The molecule has 0 aliphatic heterocycles. The lowest BCUT2D eigenvalue weighted by atomic mass is 10.2. The molecular formula is C21H24N2O5. The van der Waals surface area contributed by atoms with E-state index in [1.165, 1.54) is 18.9 Å². The van der Waals surface area contributed by atoms with Crippen LogP contribution in [0.25, 0.3) is 0 Å². The Bertz CT molecular complexity index is 833. The molecule has 0 saturated carbocycles. The molecule has 0 radical (unpaired) electrons. The van der Waals surface area contributed by atoms with Crippen LogP contribution in [0.1, 0.15) is 30.6 Å². The summed E-state index contributed by atoms with van der Waals surface area (Å²) in [6.45, 7) is 4.01. The Morgan fingerprint density at radius 2 is 1.71 bits per heavy atom. The van der Waals surface area contributed by atoms with Crippen molar-refractivity contribution in [3.05, 3.63) is 54.1 Å². The van der Waals surface area contributed by atoms with Crippen molar-refractivity contribution in [2.24, 2.45) is 0 Å². The summed E-state index contributed by atoms with van der Waals surface area (Å²) in [6, 6.07) is 13.6. The number of hydrogen-bond acceptors (Lipinski definition) is 5. The lowest BCUT2D eigenvalue weighted by molar-refractivity contribution is -0.117. The zero-order valence-electron chi connectivity index (χ0n) is 16.2.